The maximum absolute atomic E-state index is 6.16. The molecule has 0 radical (unpaired) electrons. The molecule has 1 aliphatic rings. The molecule has 0 aromatic heterocycles. The van der Waals surface area contributed by atoms with E-state index in [9.17, 15) is 0 Å². The molecule has 0 bridgehead atoms. The molecule has 1 saturated carbocycles. The summed E-state index contributed by atoms with van der Waals surface area (Å²) >= 11 is 6.16. The summed E-state index contributed by atoms with van der Waals surface area (Å²) in [6.07, 6.45) is 2.69. The molecule has 1 N–H and O–H groups in total. The van der Waals surface area contributed by atoms with E-state index in [1.165, 1.54) is 24.0 Å². The van der Waals surface area contributed by atoms with E-state index in [1.54, 1.807) is 0 Å². The van der Waals surface area contributed by atoms with Crippen molar-refractivity contribution in [2.45, 2.75) is 45.2 Å². The summed E-state index contributed by atoms with van der Waals surface area (Å²) < 4.78 is 0. The van der Waals surface area contributed by atoms with Gasteiger partial charge in [0, 0.05) is 17.6 Å². The monoisotopic (exact) mass is 223 g/mol. The van der Waals surface area contributed by atoms with Crippen LogP contribution in [0.4, 0.5) is 0 Å². The Bertz CT molecular complexity index is 342. The molecule has 1 nitrogen and oxygen atoms in total. The Hall–Kier alpha value is -0.530. The minimum absolute atomic E-state index is 0.505. The zero-order valence-corrected chi connectivity index (χ0v) is 10.1. The fourth-order valence-corrected chi connectivity index (χ4v) is 1.90. The van der Waals surface area contributed by atoms with Crippen molar-refractivity contribution < 1.29 is 0 Å². The fraction of sp³-hybridized carbons (Fsp3) is 0.538. The average molecular weight is 224 g/mol. The van der Waals surface area contributed by atoms with E-state index >= 15 is 0 Å². The Morgan fingerprint density at radius 1 is 1.40 bits per heavy atom. The number of benzene rings is 1. The highest BCUT2D eigenvalue weighted by Gasteiger charge is 2.23. The Balaban J connectivity index is 2.09. The normalized spacial score (nSPS) is 16.0. The smallest absolute Gasteiger partial charge is 0.0451 e. The van der Waals surface area contributed by atoms with Crippen molar-refractivity contribution in [1.82, 2.24) is 5.32 Å². The average Bonchev–Trinajstić information content (AvgIpc) is 3.00. The molecule has 0 saturated heterocycles. The van der Waals surface area contributed by atoms with E-state index in [4.69, 9.17) is 11.6 Å². The van der Waals surface area contributed by atoms with Crippen molar-refractivity contribution in [2.75, 3.05) is 0 Å². The van der Waals surface area contributed by atoms with Crippen molar-refractivity contribution in [3.63, 3.8) is 0 Å². The highest BCUT2D eigenvalue weighted by atomic mass is 35.5. The van der Waals surface area contributed by atoms with Gasteiger partial charge in [0.15, 0.2) is 0 Å². The second-order valence-corrected chi connectivity index (χ2v) is 5.07. The molecule has 0 atom stereocenters. The predicted octanol–water partition coefficient (Wildman–Crippen LogP) is 3.72. The van der Waals surface area contributed by atoms with E-state index in [-0.39, 0.29) is 0 Å². The lowest BCUT2D eigenvalue weighted by Gasteiger charge is -2.11. The molecule has 1 aromatic carbocycles. The van der Waals surface area contributed by atoms with Crippen molar-refractivity contribution in [3.8, 4) is 0 Å². The van der Waals surface area contributed by atoms with E-state index in [2.05, 4.69) is 31.3 Å². The lowest BCUT2D eigenvalue weighted by Crippen LogP contribution is -2.22. The van der Waals surface area contributed by atoms with Gasteiger partial charge in [0.1, 0.15) is 0 Å². The van der Waals surface area contributed by atoms with Crippen LogP contribution in [-0.2, 0) is 6.54 Å². The number of nitrogens with one attached hydrogen (secondary N) is 1. The SMILES string of the molecule is CC(C)NCc1cc(C2CC2)ccc1Cl. The van der Waals surface area contributed by atoms with Crippen molar-refractivity contribution in [2.24, 2.45) is 0 Å². The summed E-state index contributed by atoms with van der Waals surface area (Å²) in [6, 6.07) is 6.96. The highest BCUT2D eigenvalue weighted by molar-refractivity contribution is 6.31. The van der Waals surface area contributed by atoms with Gasteiger partial charge in [-0.05, 0) is 36.0 Å². The van der Waals surface area contributed by atoms with Gasteiger partial charge in [-0.1, -0.05) is 37.6 Å². The molecule has 2 rings (SSSR count). The fourth-order valence-electron chi connectivity index (χ4n) is 1.71. The van der Waals surface area contributed by atoms with E-state index in [0.717, 1.165) is 17.5 Å². The Kier molecular flexibility index (Phi) is 3.32. The van der Waals surface area contributed by atoms with Gasteiger partial charge in [-0.3, -0.25) is 0 Å². The maximum Gasteiger partial charge on any atom is 0.0451 e. The zero-order chi connectivity index (χ0) is 10.8. The molecule has 82 valence electrons. The van der Waals surface area contributed by atoms with E-state index < -0.39 is 0 Å². The van der Waals surface area contributed by atoms with Crippen molar-refractivity contribution in [1.29, 1.82) is 0 Å². The number of rotatable bonds is 4. The van der Waals surface area contributed by atoms with Crippen LogP contribution >= 0.6 is 11.6 Å². The quantitative estimate of drug-likeness (QED) is 0.821. The van der Waals surface area contributed by atoms with Gasteiger partial charge in [0.05, 0.1) is 0 Å². The Labute approximate surface area is 96.8 Å². The molecule has 2 heteroatoms. The summed E-state index contributed by atoms with van der Waals surface area (Å²) in [4.78, 5) is 0. The summed E-state index contributed by atoms with van der Waals surface area (Å²) in [7, 11) is 0. The summed E-state index contributed by atoms with van der Waals surface area (Å²) in [6.45, 7) is 5.17. The molecule has 1 aromatic rings. The van der Waals surface area contributed by atoms with Gasteiger partial charge in [0.25, 0.3) is 0 Å². The minimum atomic E-state index is 0.505. The molecular weight excluding hydrogens is 206 g/mol. The predicted molar refractivity (Wildman–Crippen MR) is 65.4 cm³/mol. The molecule has 0 amide bonds. The number of hydrogen-bond donors (Lipinski definition) is 1. The summed E-state index contributed by atoms with van der Waals surface area (Å²) in [5.74, 6) is 0.806. The first-order valence-corrected chi connectivity index (χ1v) is 6.06. The lowest BCUT2D eigenvalue weighted by molar-refractivity contribution is 0.588. The van der Waals surface area contributed by atoms with Gasteiger partial charge in [-0.15, -0.1) is 0 Å². The van der Waals surface area contributed by atoms with Crippen molar-refractivity contribution in [3.05, 3.63) is 34.3 Å². The van der Waals surface area contributed by atoms with Crippen LogP contribution in [0.15, 0.2) is 18.2 Å². The number of hydrogen-bond acceptors (Lipinski definition) is 1. The van der Waals surface area contributed by atoms with Gasteiger partial charge in [0.2, 0.25) is 0 Å². The summed E-state index contributed by atoms with van der Waals surface area (Å²) in [5.41, 5.74) is 2.69. The van der Waals surface area contributed by atoms with Crippen LogP contribution in [0.3, 0.4) is 0 Å². The number of halogens is 1. The third kappa shape index (κ3) is 2.96. The molecule has 1 aliphatic carbocycles. The Morgan fingerprint density at radius 2 is 2.13 bits per heavy atom. The van der Waals surface area contributed by atoms with Crippen LogP contribution in [0.2, 0.25) is 5.02 Å². The van der Waals surface area contributed by atoms with E-state index in [0.29, 0.717) is 6.04 Å². The molecular formula is C13H18ClN. The van der Waals surface area contributed by atoms with Crippen LogP contribution in [-0.4, -0.2) is 6.04 Å². The van der Waals surface area contributed by atoms with Crippen LogP contribution < -0.4 is 5.32 Å². The first-order chi connectivity index (χ1) is 7.16. The molecule has 0 unspecified atom stereocenters. The van der Waals surface area contributed by atoms with Gasteiger partial charge < -0.3 is 5.32 Å². The molecule has 0 aliphatic heterocycles. The van der Waals surface area contributed by atoms with Gasteiger partial charge in [-0.2, -0.15) is 0 Å². The summed E-state index contributed by atoms with van der Waals surface area (Å²) in [5, 5.41) is 4.29. The lowest BCUT2D eigenvalue weighted by atomic mass is 10.1. The highest BCUT2D eigenvalue weighted by Crippen LogP contribution is 2.40. The third-order valence-corrected chi connectivity index (χ3v) is 3.19. The van der Waals surface area contributed by atoms with Crippen LogP contribution in [0.1, 0.15) is 43.7 Å². The molecule has 0 heterocycles. The molecule has 0 spiro atoms. The molecule has 15 heavy (non-hydrogen) atoms. The van der Waals surface area contributed by atoms with Gasteiger partial charge in [-0.25, -0.2) is 0 Å². The standard InChI is InChI=1S/C13H18ClN/c1-9(2)15-8-12-7-11(10-3-4-10)5-6-13(12)14/h5-7,9-10,15H,3-4,8H2,1-2H3. The van der Waals surface area contributed by atoms with Crippen LogP contribution in [0, 0.1) is 0 Å². The molecule has 1 fully saturated rings. The third-order valence-electron chi connectivity index (χ3n) is 2.82. The van der Waals surface area contributed by atoms with Crippen LogP contribution in [0.5, 0.6) is 0 Å². The van der Waals surface area contributed by atoms with Gasteiger partial charge >= 0.3 is 0 Å². The van der Waals surface area contributed by atoms with E-state index in [1.807, 2.05) is 6.07 Å². The van der Waals surface area contributed by atoms with Crippen LogP contribution in [0.25, 0.3) is 0 Å². The topological polar surface area (TPSA) is 12.0 Å². The maximum atomic E-state index is 6.16. The first kappa shape index (κ1) is 11.0. The Morgan fingerprint density at radius 3 is 2.73 bits per heavy atom. The second kappa shape index (κ2) is 4.54. The largest absolute Gasteiger partial charge is 0.310 e. The zero-order valence-electron chi connectivity index (χ0n) is 9.39. The second-order valence-electron chi connectivity index (χ2n) is 4.66. The first-order valence-electron chi connectivity index (χ1n) is 5.68. The van der Waals surface area contributed by atoms with Crippen molar-refractivity contribution >= 4 is 11.6 Å². The minimum Gasteiger partial charge on any atom is -0.310 e.